The number of piperidine rings is 1. The Hall–Kier alpha value is -3.20. The normalized spacial score (nSPS) is 17.4. The summed E-state index contributed by atoms with van der Waals surface area (Å²) in [5, 5.41) is 8.70. The molecule has 0 saturated carbocycles. The Kier molecular flexibility index (Phi) is 6.12. The summed E-state index contributed by atoms with van der Waals surface area (Å²) in [6.07, 6.45) is 6.53. The van der Waals surface area contributed by atoms with Gasteiger partial charge >= 0.3 is 0 Å². The number of amides is 2. The van der Waals surface area contributed by atoms with Crippen molar-refractivity contribution >= 4 is 34.3 Å². The molecular formula is C25H27N5O3S. The molecule has 176 valence electrons. The van der Waals surface area contributed by atoms with Crippen molar-refractivity contribution in [2.75, 3.05) is 32.4 Å². The van der Waals surface area contributed by atoms with Crippen molar-refractivity contribution in [2.24, 2.45) is 5.41 Å². The van der Waals surface area contributed by atoms with Gasteiger partial charge in [0.2, 0.25) is 5.91 Å². The number of likely N-dealkylation sites (tertiary alicyclic amines) is 2. The minimum absolute atomic E-state index is 0.0278. The van der Waals surface area contributed by atoms with Crippen LogP contribution >= 0.6 is 11.8 Å². The van der Waals surface area contributed by atoms with Crippen molar-refractivity contribution in [3.8, 4) is 0 Å². The number of hydrogen-bond donors (Lipinski definition) is 1. The molecule has 2 aromatic heterocycles. The van der Waals surface area contributed by atoms with Crippen molar-refractivity contribution in [1.29, 1.82) is 0 Å². The van der Waals surface area contributed by atoms with Crippen LogP contribution in [0.15, 0.2) is 52.4 Å². The molecule has 4 heterocycles. The van der Waals surface area contributed by atoms with E-state index in [1.807, 2.05) is 34.3 Å². The van der Waals surface area contributed by atoms with E-state index in [-0.39, 0.29) is 29.2 Å². The number of hydrogen-bond acceptors (Lipinski definition) is 6. The quantitative estimate of drug-likeness (QED) is 0.580. The van der Waals surface area contributed by atoms with Gasteiger partial charge in [-0.1, -0.05) is 18.2 Å². The van der Waals surface area contributed by atoms with Crippen LogP contribution < -0.4 is 5.56 Å². The zero-order valence-corrected chi connectivity index (χ0v) is 19.9. The molecule has 2 aliphatic rings. The molecule has 0 aliphatic carbocycles. The van der Waals surface area contributed by atoms with Crippen LogP contribution in [0.25, 0.3) is 10.8 Å². The van der Waals surface area contributed by atoms with E-state index < -0.39 is 0 Å². The highest BCUT2D eigenvalue weighted by Gasteiger charge is 2.43. The SMILES string of the molecule is CSc1ncccc1C(=O)N1CCC2(CCN(C(=O)Cc3n[nH]c(=O)c4ccccc34)C2)CC1. The Morgan fingerprint density at radius 1 is 1.03 bits per heavy atom. The van der Waals surface area contributed by atoms with E-state index in [2.05, 4.69) is 15.2 Å². The fraction of sp³-hybridized carbons (Fsp3) is 0.400. The first-order valence-corrected chi connectivity index (χ1v) is 12.7. The van der Waals surface area contributed by atoms with E-state index in [9.17, 15) is 14.4 Å². The first kappa shape index (κ1) is 22.6. The van der Waals surface area contributed by atoms with Crippen LogP contribution in [0.4, 0.5) is 0 Å². The fourth-order valence-corrected chi connectivity index (χ4v) is 5.73. The molecule has 2 amide bonds. The van der Waals surface area contributed by atoms with E-state index in [0.29, 0.717) is 42.8 Å². The van der Waals surface area contributed by atoms with E-state index >= 15 is 0 Å². The highest BCUT2D eigenvalue weighted by Crippen LogP contribution is 2.41. The van der Waals surface area contributed by atoms with E-state index in [1.165, 1.54) is 11.8 Å². The lowest BCUT2D eigenvalue weighted by Gasteiger charge is -2.39. The van der Waals surface area contributed by atoms with Gasteiger partial charge in [-0.2, -0.15) is 5.10 Å². The van der Waals surface area contributed by atoms with Gasteiger partial charge in [0.15, 0.2) is 0 Å². The van der Waals surface area contributed by atoms with E-state index in [0.717, 1.165) is 29.7 Å². The third kappa shape index (κ3) is 4.20. The lowest BCUT2D eigenvalue weighted by atomic mass is 9.77. The minimum atomic E-state index is -0.246. The standard InChI is InChI=1S/C25H27N5O3S/c1-34-23-19(7-4-11-26-23)24(33)29-12-8-25(9-13-29)10-14-30(16-25)21(31)15-20-17-5-2-3-6-18(17)22(32)28-27-20/h2-7,11H,8-10,12-16H2,1H3,(H,28,32). The number of aromatic nitrogens is 3. The summed E-state index contributed by atoms with van der Waals surface area (Å²) >= 11 is 1.48. The Bertz CT molecular complexity index is 1300. The van der Waals surface area contributed by atoms with Gasteiger partial charge in [0.25, 0.3) is 11.5 Å². The number of benzene rings is 1. The largest absolute Gasteiger partial charge is 0.342 e. The summed E-state index contributed by atoms with van der Waals surface area (Å²) in [4.78, 5) is 46.4. The molecule has 1 aromatic carbocycles. The smallest absolute Gasteiger partial charge is 0.272 e. The minimum Gasteiger partial charge on any atom is -0.342 e. The molecule has 0 bridgehead atoms. The predicted molar refractivity (Wildman–Crippen MR) is 131 cm³/mol. The summed E-state index contributed by atoms with van der Waals surface area (Å²) in [7, 11) is 0. The van der Waals surface area contributed by atoms with Crippen molar-refractivity contribution in [3.05, 3.63) is 64.2 Å². The lowest BCUT2D eigenvalue weighted by Crippen LogP contribution is -2.45. The number of H-pyrrole nitrogens is 1. The first-order chi connectivity index (χ1) is 16.5. The van der Waals surface area contributed by atoms with Gasteiger partial charge in [-0.3, -0.25) is 14.4 Å². The number of aromatic amines is 1. The Morgan fingerprint density at radius 2 is 1.74 bits per heavy atom. The highest BCUT2D eigenvalue weighted by molar-refractivity contribution is 7.98. The second-order valence-corrected chi connectivity index (χ2v) is 9.93. The molecule has 8 nitrogen and oxygen atoms in total. The number of carbonyl (C=O) groups is 2. The first-order valence-electron chi connectivity index (χ1n) is 11.5. The Morgan fingerprint density at radius 3 is 2.47 bits per heavy atom. The van der Waals surface area contributed by atoms with Crippen molar-refractivity contribution < 1.29 is 9.59 Å². The monoisotopic (exact) mass is 477 g/mol. The number of thioether (sulfide) groups is 1. The van der Waals surface area contributed by atoms with Crippen LogP contribution in [0.3, 0.4) is 0 Å². The maximum Gasteiger partial charge on any atom is 0.272 e. The number of carbonyl (C=O) groups excluding carboxylic acids is 2. The van der Waals surface area contributed by atoms with Crippen molar-refractivity contribution in [2.45, 2.75) is 30.7 Å². The summed E-state index contributed by atoms with van der Waals surface area (Å²) < 4.78 is 0. The van der Waals surface area contributed by atoms with Crippen molar-refractivity contribution in [1.82, 2.24) is 25.0 Å². The molecular weight excluding hydrogens is 450 g/mol. The molecule has 2 saturated heterocycles. The number of fused-ring (bicyclic) bond motifs is 1. The lowest BCUT2D eigenvalue weighted by molar-refractivity contribution is -0.130. The molecule has 0 atom stereocenters. The van der Waals surface area contributed by atoms with Crippen LogP contribution in [0.2, 0.25) is 0 Å². The summed E-state index contributed by atoms with van der Waals surface area (Å²) in [5.41, 5.74) is 1.08. The summed E-state index contributed by atoms with van der Waals surface area (Å²) in [5.74, 6) is 0.0642. The van der Waals surface area contributed by atoms with Crippen LogP contribution in [-0.2, 0) is 11.2 Å². The number of nitrogens with zero attached hydrogens (tertiary/aromatic N) is 4. The van der Waals surface area contributed by atoms with Crippen molar-refractivity contribution in [3.63, 3.8) is 0 Å². The van der Waals surface area contributed by atoms with Gasteiger partial charge in [0, 0.05) is 37.8 Å². The van der Waals surface area contributed by atoms with Gasteiger partial charge in [0.05, 0.1) is 23.1 Å². The zero-order chi connectivity index (χ0) is 23.7. The second-order valence-electron chi connectivity index (χ2n) is 9.14. The van der Waals surface area contributed by atoms with Gasteiger partial charge < -0.3 is 9.80 Å². The predicted octanol–water partition coefficient (Wildman–Crippen LogP) is 2.74. The molecule has 3 aromatic rings. The molecule has 0 unspecified atom stereocenters. The Labute approximate surface area is 201 Å². The highest BCUT2D eigenvalue weighted by atomic mass is 32.2. The second kappa shape index (κ2) is 9.21. The number of pyridine rings is 1. The third-order valence-electron chi connectivity index (χ3n) is 7.19. The topological polar surface area (TPSA) is 99.3 Å². The molecule has 2 aliphatic heterocycles. The molecule has 34 heavy (non-hydrogen) atoms. The molecule has 0 radical (unpaired) electrons. The summed E-state index contributed by atoms with van der Waals surface area (Å²) in [6, 6.07) is 10.9. The van der Waals surface area contributed by atoms with Crippen LogP contribution in [-0.4, -0.2) is 69.2 Å². The van der Waals surface area contributed by atoms with E-state index in [4.69, 9.17) is 0 Å². The average Bonchev–Trinajstić information content (AvgIpc) is 3.29. The maximum absolute atomic E-state index is 13.1. The number of rotatable bonds is 4. The van der Waals surface area contributed by atoms with Gasteiger partial charge in [0.1, 0.15) is 5.03 Å². The van der Waals surface area contributed by atoms with E-state index in [1.54, 1.807) is 24.4 Å². The molecule has 2 fully saturated rings. The average molecular weight is 478 g/mol. The van der Waals surface area contributed by atoms with Gasteiger partial charge in [-0.25, -0.2) is 10.1 Å². The van der Waals surface area contributed by atoms with Gasteiger partial charge in [-0.05, 0) is 49.1 Å². The third-order valence-corrected chi connectivity index (χ3v) is 7.90. The van der Waals surface area contributed by atoms with Crippen LogP contribution in [0.1, 0.15) is 35.3 Å². The molecule has 1 N–H and O–H groups in total. The Balaban J connectivity index is 1.23. The number of nitrogens with one attached hydrogen (secondary N) is 1. The van der Waals surface area contributed by atoms with Crippen LogP contribution in [0, 0.1) is 5.41 Å². The molecule has 5 rings (SSSR count). The molecule has 1 spiro atoms. The van der Waals surface area contributed by atoms with Crippen LogP contribution in [0.5, 0.6) is 0 Å². The van der Waals surface area contributed by atoms with Gasteiger partial charge in [-0.15, -0.1) is 11.8 Å². The fourth-order valence-electron chi connectivity index (χ4n) is 5.19. The zero-order valence-electron chi connectivity index (χ0n) is 19.1. The summed E-state index contributed by atoms with van der Waals surface area (Å²) in [6.45, 7) is 2.80. The molecule has 9 heteroatoms. The maximum atomic E-state index is 13.1.